The highest BCUT2D eigenvalue weighted by Crippen LogP contribution is 2.37. The summed E-state index contributed by atoms with van der Waals surface area (Å²) in [4.78, 5) is -0.986. The highest BCUT2D eigenvalue weighted by atomic mass is 28.5. The fraction of sp³-hybridized carbons (Fsp3) is 1.00. The zero-order valence-corrected chi connectivity index (χ0v) is 22.2. The molecule has 13 heteroatoms. The van der Waals surface area contributed by atoms with Gasteiger partial charge in [0.05, 0.1) is 0 Å². The van der Waals surface area contributed by atoms with Crippen molar-refractivity contribution in [1.29, 1.82) is 0 Å². The SMILES string of the molecule is CCC(NCC(C)[Si](OC)(OC)OC)([Si](OC)(OC)OC)[Si](OC)(OC)OC. The fourth-order valence-electron chi connectivity index (χ4n) is 3.81. The number of nitrogens with one attached hydrogen (secondary N) is 1. The average molecular weight is 462 g/mol. The van der Waals surface area contributed by atoms with Gasteiger partial charge in [-0.25, -0.2) is 0 Å². The van der Waals surface area contributed by atoms with E-state index in [1.54, 1.807) is 64.0 Å². The number of hydrogen-bond acceptors (Lipinski definition) is 10. The van der Waals surface area contributed by atoms with Crippen molar-refractivity contribution in [2.45, 2.75) is 30.6 Å². The molecule has 0 aliphatic rings. The molecule has 1 N–H and O–H groups in total. The van der Waals surface area contributed by atoms with Crippen LogP contribution in [0.5, 0.6) is 0 Å². The first-order chi connectivity index (χ1) is 13.2. The van der Waals surface area contributed by atoms with Gasteiger partial charge in [-0.1, -0.05) is 13.8 Å². The van der Waals surface area contributed by atoms with Crippen molar-refractivity contribution >= 4 is 26.4 Å². The molecule has 28 heavy (non-hydrogen) atoms. The van der Waals surface area contributed by atoms with E-state index >= 15 is 0 Å². The summed E-state index contributed by atoms with van der Waals surface area (Å²) in [5.41, 5.74) is -0.104. The summed E-state index contributed by atoms with van der Waals surface area (Å²) in [6.45, 7) is 4.40. The van der Waals surface area contributed by atoms with Crippen molar-refractivity contribution in [3.63, 3.8) is 0 Å². The van der Waals surface area contributed by atoms with Crippen LogP contribution >= 0.6 is 0 Å². The van der Waals surface area contributed by atoms with Gasteiger partial charge < -0.3 is 45.2 Å². The lowest BCUT2D eigenvalue weighted by Crippen LogP contribution is -2.84. The highest BCUT2D eigenvalue weighted by molar-refractivity contribution is 6.85. The molecular weight excluding hydrogens is 422 g/mol. The normalized spacial score (nSPS) is 15.1. The molecule has 0 aromatic heterocycles. The first-order valence-corrected chi connectivity index (χ1v) is 14.2. The van der Waals surface area contributed by atoms with Crippen LogP contribution in [0, 0.1) is 0 Å². The van der Waals surface area contributed by atoms with Crippen molar-refractivity contribution in [3.05, 3.63) is 0 Å². The third-order valence-electron chi connectivity index (χ3n) is 5.36. The first kappa shape index (κ1) is 28.3. The van der Waals surface area contributed by atoms with Crippen molar-refractivity contribution in [1.82, 2.24) is 5.32 Å². The molecule has 0 bridgehead atoms. The molecule has 0 heterocycles. The van der Waals surface area contributed by atoms with Crippen LogP contribution in [0.1, 0.15) is 20.3 Å². The van der Waals surface area contributed by atoms with Gasteiger partial charge in [0.15, 0.2) is 4.79 Å². The quantitative estimate of drug-likeness (QED) is 0.333. The van der Waals surface area contributed by atoms with Crippen molar-refractivity contribution in [2.24, 2.45) is 0 Å². The summed E-state index contributed by atoms with van der Waals surface area (Å²) in [5.74, 6) is 0. The molecule has 0 amide bonds. The highest BCUT2D eigenvalue weighted by Gasteiger charge is 2.75. The summed E-state index contributed by atoms with van der Waals surface area (Å²) < 4.78 is 51.9. The maximum Gasteiger partial charge on any atom is 0.525 e. The molecule has 0 fully saturated rings. The van der Waals surface area contributed by atoms with Crippen LogP contribution in [0.25, 0.3) is 0 Å². The van der Waals surface area contributed by atoms with Crippen LogP contribution in [-0.2, 0) is 39.8 Å². The Kier molecular flexibility index (Phi) is 12.3. The second kappa shape index (κ2) is 12.2. The third-order valence-corrected chi connectivity index (χ3v) is 16.7. The predicted octanol–water partition coefficient (Wildman–Crippen LogP) is 0.828. The van der Waals surface area contributed by atoms with E-state index in [0.29, 0.717) is 13.0 Å². The molecule has 0 saturated carbocycles. The topological polar surface area (TPSA) is 95.1 Å². The van der Waals surface area contributed by atoms with Crippen LogP contribution in [0.4, 0.5) is 0 Å². The Balaban J connectivity index is 6.34. The van der Waals surface area contributed by atoms with Crippen LogP contribution in [0.15, 0.2) is 0 Å². The van der Waals surface area contributed by atoms with Gasteiger partial charge in [0.2, 0.25) is 0 Å². The summed E-state index contributed by atoms with van der Waals surface area (Å²) in [7, 11) is 4.39. The minimum absolute atomic E-state index is 0.104. The van der Waals surface area contributed by atoms with E-state index in [-0.39, 0.29) is 5.54 Å². The molecule has 0 aliphatic heterocycles. The number of hydrogen-bond donors (Lipinski definition) is 1. The Morgan fingerprint density at radius 2 is 0.964 bits per heavy atom. The molecule has 1 unspecified atom stereocenters. The van der Waals surface area contributed by atoms with E-state index in [2.05, 4.69) is 5.32 Å². The molecule has 0 saturated heterocycles. The molecule has 0 aromatic rings. The van der Waals surface area contributed by atoms with E-state index in [1.165, 1.54) is 0 Å². The van der Waals surface area contributed by atoms with E-state index < -0.39 is 31.2 Å². The van der Waals surface area contributed by atoms with Crippen LogP contribution in [0.2, 0.25) is 5.54 Å². The Morgan fingerprint density at radius 3 is 1.18 bits per heavy atom. The summed E-state index contributed by atoms with van der Waals surface area (Å²) in [6.07, 6.45) is 0.505. The number of rotatable bonds is 16. The van der Waals surface area contributed by atoms with Crippen molar-refractivity contribution in [3.8, 4) is 0 Å². The van der Waals surface area contributed by atoms with Gasteiger partial charge in [0, 0.05) is 76.1 Å². The van der Waals surface area contributed by atoms with Crippen molar-refractivity contribution < 1.29 is 39.8 Å². The Hall–Kier alpha value is 0.251. The lowest BCUT2D eigenvalue weighted by molar-refractivity contribution is 0.0440. The van der Waals surface area contributed by atoms with Gasteiger partial charge >= 0.3 is 26.4 Å². The maximum atomic E-state index is 5.85. The maximum absolute atomic E-state index is 5.85. The van der Waals surface area contributed by atoms with Crippen LogP contribution in [-0.4, -0.2) is 102 Å². The first-order valence-electron chi connectivity index (χ1n) is 8.95. The summed E-state index contributed by atoms with van der Waals surface area (Å²) in [6, 6.07) is 0. The lowest BCUT2D eigenvalue weighted by Gasteiger charge is -2.50. The molecule has 0 radical (unpaired) electrons. The summed E-state index contributed by atoms with van der Waals surface area (Å²) in [5, 5.41) is 3.55. The Morgan fingerprint density at radius 1 is 0.643 bits per heavy atom. The lowest BCUT2D eigenvalue weighted by atomic mass is 10.4. The monoisotopic (exact) mass is 461 g/mol. The Bertz CT molecular complexity index is 390. The summed E-state index contributed by atoms with van der Waals surface area (Å²) >= 11 is 0. The van der Waals surface area contributed by atoms with E-state index in [1.807, 2.05) is 13.8 Å². The Labute approximate surface area is 173 Å². The molecular formula is C15H39NO9Si3. The largest absolute Gasteiger partial charge is 0.525 e. The van der Waals surface area contributed by atoms with E-state index in [4.69, 9.17) is 39.8 Å². The average Bonchev–Trinajstić information content (AvgIpc) is 2.75. The zero-order valence-electron chi connectivity index (χ0n) is 19.2. The zero-order chi connectivity index (χ0) is 22.1. The van der Waals surface area contributed by atoms with E-state index in [9.17, 15) is 0 Å². The molecule has 170 valence electrons. The second-order valence-electron chi connectivity index (χ2n) is 6.09. The minimum Gasteiger partial charge on any atom is -0.377 e. The van der Waals surface area contributed by atoms with Gasteiger partial charge in [-0.3, -0.25) is 0 Å². The van der Waals surface area contributed by atoms with Gasteiger partial charge in [-0.15, -0.1) is 0 Å². The molecule has 10 nitrogen and oxygen atoms in total. The molecule has 0 aliphatic carbocycles. The van der Waals surface area contributed by atoms with Gasteiger partial charge in [0.1, 0.15) is 0 Å². The molecule has 1 atom stereocenters. The van der Waals surface area contributed by atoms with Gasteiger partial charge in [-0.05, 0) is 6.42 Å². The predicted molar refractivity (Wildman–Crippen MR) is 111 cm³/mol. The smallest absolute Gasteiger partial charge is 0.377 e. The van der Waals surface area contributed by atoms with Crippen LogP contribution in [0.3, 0.4) is 0 Å². The van der Waals surface area contributed by atoms with Gasteiger partial charge in [0.25, 0.3) is 0 Å². The van der Waals surface area contributed by atoms with Crippen molar-refractivity contribution in [2.75, 3.05) is 70.5 Å². The van der Waals surface area contributed by atoms with E-state index in [0.717, 1.165) is 0 Å². The fourth-order valence-corrected chi connectivity index (χ4v) is 13.8. The van der Waals surface area contributed by atoms with Gasteiger partial charge in [-0.2, -0.15) is 0 Å². The minimum atomic E-state index is -3.38. The standard InChI is InChI=1S/C15H39NO9Si3/c1-12-15(27(20-6,21-7)22-8,28(23-9,24-10)25-11)16-13-14(2)26(17-3,18-4)19-5/h14,16H,12-13H2,1-11H3. The molecule has 0 spiro atoms. The molecule has 0 rings (SSSR count). The van der Waals surface area contributed by atoms with Crippen LogP contribution < -0.4 is 5.32 Å². The third kappa shape index (κ3) is 4.61. The molecule has 0 aromatic carbocycles. The second-order valence-corrected chi connectivity index (χ2v) is 16.4.